The zero-order valence-electron chi connectivity index (χ0n) is 19.3. The van der Waals surface area contributed by atoms with Gasteiger partial charge in [0.15, 0.2) is 0 Å². The Morgan fingerprint density at radius 2 is 1.85 bits per heavy atom. The summed E-state index contributed by atoms with van der Waals surface area (Å²) in [6.07, 6.45) is 6.93. The molecule has 0 unspecified atom stereocenters. The molecule has 1 heterocycles. The number of aryl methyl sites for hydroxylation is 2. The van der Waals surface area contributed by atoms with Crippen LogP contribution in [0.25, 0.3) is 11.4 Å². The molecule has 1 saturated carbocycles. The van der Waals surface area contributed by atoms with E-state index in [4.69, 9.17) is 4.52 Å². The third kappa shape index (κ3) is 6.27. The third-order valence-electron chi connectivity index (χ3n) is 6.07. The van der Waals surface area contributed by atoms with Gasteiger partial charge >= 0.3 is 0 Å². The molecule has 178 valence electrons. The van der Waals surface area contributed by atoms with Crippen LogP contribution < -0.4 is 10.6 Å². The first-order valence-electron chi connectivity index (χ1n) is 11.8. The van der Waals surface area contributed by atoms with Gasteiger partial charge in [-0.1, -0.05) is 24.4 Å². The van der Waals surface area contributed by atoms with Crippen molar-refractivity contribution in [1.82, 2.24) is 15.5 Å². The van der Waals surface area contributed by atoms with Crippen molar-refractivity contribution < 1.29 is 18.5 Å². The Bertz CT molecular complexity index is 1140. The Morgan fingerprint density at radius 1 is 1.09 bits per heavy atom. The van der Waals surface area contributed by atoms with Crippen LogP contribution in [0.4, 0.5) is 10.1 Å². The maximum absolute atomic E-state index is 13.1. The summed E-state index contributed by atoms with van der Waals surface area (Å²) >= 11 is 0. The number of carbonyl (C=O) groups is 2. The number of hydrogen-bond donors (Lipinski definition) is 2. The van der Waals surface area contributed by atoms with Crippen LogP contribution in [-0.4, -0.2) is 28.0 Å². The molecule has 8 heteroatoms. The van der Waals surface area contributed by atoms with Crippen LogP contribution in [-0.2, 0) is 11.2 Å². The minimum atomic E-state index is -0.328. The van der Waals surface area contributed by atoms with E-state index in [1.807, 2.05) is 13.0 Å². The summed E-state index contributed by atoms with van der Waals surface area (Å²) < 4.78 is 18.3. The molecule has 0 radical (unpaired) electrons. The van der Waals surface area contributed by atoms with Gasteiger partial charge in [-0.3, -0.25) is 9.59 Å². The second kappa shape index (κ2) is 11.0. The predicted octanol–water partition coefficient (Wildman–Crippen LogP) is 5.21. The topological polar surface area (TPSA) is 97.1 Å². The Morgan fingerprint density at radius 3 is 2.59 bits per heavy atom. The molecule has 3 aromatic rings. The van der Waals surface area contributed by atoms with Gasteiger partial charge in [-0.2, -0.15) is 4.98 Å². The van der Waals surface area contributed by atoms with Crippen molar-refractivity contribution in [2.24, 2.45) is 0 Å². The lowest BCUT2D eigenvalue weighted by atomic mass is 9.95. The maximum Gasteiger partial charge on any atom is 0.251 e. The van der Waals surface area contributed by atoms with E-state index in [1.54, 1.807) is 24.3 Å². The van der Waals surface area contributed by atoms with Crippen LogP contribution >= 0.6 is 0 Å². The van der Waals surface area contributed by atoms with Gasteiger partial charge in [0.1, 0.15) is 5.82 Å². The van der Waals surface area contributed by atoms with Crippen molar-refractivity contribution >= 4 is 17.5 Å². The average molecular weight is 465 g/mol. The lowest BCUT2D eigenvalue weighted by Crippen LogP contribution is -2.36. The zero-order valence-corrected chi connectivity index (χ0v) is 19.3. The molecular weight excluding hydrogens is 435 g/mol. The molecule has 1 fully saturated rings. The largest absolute Gasteiger partial charge is 0.349 e. The normalized spacial score (nSPS) is 14.1. The van der Waals surface area contributed by atoms with Crippen LogP contribution in [0.15, 0.2) is 47.0 Å². The second-order valence-electron chi connectivity index (χ2n) is 8.76. The fourth-order valence-corrected chi connectivity index (χ4v) is 4.15. The number of benzene rings is 2. The highest BCUT2D eigenvalue weighted by Crippen LogP contribution is 2.21. The Hall–Kier alpha value is -3.55. The standard InChI is InChI=1S/C26H29FN4O3/c1-17-16-19(26(33)28-21-6-3-2-4-7-21)12-15-22(17)29-23(32)8-5-9-24-30-25(31-34-24)18-10-13-20(27)14-11-18/h10-16,21H,2-9H2,1H3,(H,28,33)(H,29,32). The molecule has 2 amide bonds. The lowest BCUT2D eigenvalue weighted by molar-refractivity contribution is -0.116. The fraction of sp³-hybridized carbons (Fsp3) is 0.385. The summed E-state index contributed by atoms with van der Waals surface area (Å²) in [5.41, 5.74) is 2.80. The molecule has 1 aliphatic carbocycles. The van der Waals surface area contributed by atoms with Crippen molar-refractivity contribution in [2.45, 2.75) is 64.3 Å². The average Bonchev–Trinajstić information content (AvgIpc) is 3.30. The van der Waals surface area contributed by atoms with Crippen LogP contribution in [0.3, 0.4) is 0 Å². The number of nitrogens with one attached hydrogen (secondary N) is 2. The van der Waals surface area contributed by atoms with Gasteiger partial charge in [0.2, 0.25) is 17.6 Å². The number of amides is 2. The van der Waals surface area contributed by atoms with E-state index in [1.165, 1.54) is 18.6 Å². The number of hydrogen-bond acceptors (Lipinski definition) is 5. The second-order valence-corrected chi connectivity index (χ2v) is 8.76. The first kappa shape index (κ1) is 23.6. The van der Waals surface area contributed by atoms with E-state index < -0.39 is 0 Å². The summed E-state index contributed by atoms with van der Waals surface area (Å²) in [4.78, 5) is 29.3. The van der Waals surface area contributed by atoms with E-state index in [9.17, 15) is 14.0 Å². The van der Waals surface area contributed by atoms with E-state index in [2.05, 4.69) is 20.8 Å². The van der Waals surface area contributed by atoms with Crippen molar-refractivity contribution in [3.8, 4) is 11.4 Å². The van der Waals surface area contributed by atoms with E-state index in [-0.39, 0.29) is 30.1 Å². The zero-order chi connectivity index (χ0) is 23.9. The highest BCUT2D eigenvalue weighted by atomic mass is 19.1. The summed E-state index contributed by atoms with van der Waals surface area (Å²) in [5.74, 6) is 0.304. The molecule has 2 aromatic carbocycles. The summed E-state index contributed by atoms with van der Waals surface area (Å²) in [5, 5.41) is 9.94. The molecule has 0 spiro atoms. The smallest absolute Gasteiger partial charge is 0.251 e. The Labute approximate surface area is 198 Å². The van der Waals surface area contributed by atoms with Crippen LogP contribution in [0.5, 0.6) is 0 Å². The molecule has 7 nitrogen and oxygen atoms in total. The molecule has 0 atom stereocenters. The number of nitrogens with zero attached hydrogens (tertiary/aromatic N) is 2. The van der Waals surface area contributed by atoms with Crippen molar-refractivity contribution in [2.75, 3.05) is 5.32 Å². The molecule has 0 saturated heterocycles. The lowest BCUT2D eigenvalue weighted by Gasteiger charge is -2.23. The van der Waals surface area contributed by atoms with Gasteiger partial charge in [0.05, 0.1) is 0 Å². The van der Waals surface area contributed by atoms with Gasteiger partial charge < -0.3 is 15.2 Å². The Balaban J connectivity index is 1.24. The predicted molar refractivity (Wildman–Crippen MR) is 127 cm³/mol. The van der Waals surface area contributed by atoms with Gasteiger partial charge in [0, 0.05) is 35.7 Å². The number of aromatic nitrogens is 2. The summed E-state index contributed by atoms with van der Waals surface area (Å²) in [6.45, 7) is 1.88. The quantitative estimate of drug-likeness (QED) is 0.477. The molecule has 0 aliphatic heterocycles. The highest BCUT2D eigenvalue weighted by molar-refractivity contribution is 5.96. The number of rotatable bonds is 8. The van der Waals surface area contributed by atoms with E-state index >= 15 is 0 Å². The highest BCUT2D eigenvalue weighted by Gasteiger charge is 2.17. The monoisotopic (exact) mass is 464 g/mol. The first-order valence-corrected chi connectivity index (χ1v) is 11.8. The first-order chi connectivity index (χ1) is 16.5. The molecule has 4 rings (SSSR count). The Kier molecular flexibility index (Phi) is 7.67. The van der Waals surface area contributed by atoms with Crippen LogP contribution in [0.1, 0.15) is 66.8 Å². The number of anilines is 1. The molecular formula is C26H29FN4O3. The fourth-order valence-electron chi connectivity index (χ4n) is 4.15. The SMILES string of the molecule is Cc1cc(C(=O)NC2CCCCC2)ccc1NC(=O)CCCc1nc(-c2ccc(F)cc2)no1. The molecule has 1 aliphatic rings. The summed E-state index contributed by atoms with van der Waals surface area (Å²) in [6, 6.07) is 11.4. The number of carbonyl (C=O) groups excluding carboxylic acids is 2. The van der Waals surface area contributed by atoms with Crippen LogP contribution in [0, 0.1) is 12.7 Å². The molecule has 34 heavy (non-hydrogen) atoms. The number of halogens is 1. The van der Waals surface area contributed by atoms with Gasteiger partial charge in [-0.05, 0) is 74.2 Å². The van der Waals surface area contributed by atoms with Crippen molar-refractivity contribution in [3.05, 3.63) is 65.3 Å². The van der Waals surface area contributed by atoms with Gasteiger partial charge in [-0.25, -0.2) is 4.39 Å². The third-order valence-corrected chi connectivity index (χ3v) is 6.07. The van der Waals surface area contributed by atoms with Crippen LogP contribution in [0.2, 0.25) is 0 Å². The summed E-state index contributed by atoms with van der Waals surface area (Å²) in [7, 11) is 0. The van der Waals surface area contributed by atoms with E-state index in [0.29, 0.717) is 41.4 Å². The van der Waals surface area contributed by atoms with Gasteiger partial charge in [0.25, 0.3) is 5.91 Å². The molecule has 0 bridgehead atoms. The minimum absolute atomic E-state index is 0.0626. The molecule has 2 N–H and O–H groups in total. The van der Waals surface area contributed by atoms with E-state index in [0.717, 1.165) is 31.2 Å². The van der Waals surface area contributed by atoms with Crippen molar-refractivity contribution in [1.29, 1.82) is 0 Å². The maximum atomic E-state index is 13.1. The van der Waals surface area contributed by atoms with Crippen molar-refractivity contribution in [3.63, 3.8) is 0 Å². The minimum Gasteiger partial charge on any atom is -0.349 e. The molecule has 1 aromatic heterocycles. The van der Waals surface area contributed by atoms with Gasteiger partial charge in [-0.15, -0.1) is 0 Å².